The molecule has 5 heteroatoms. The van der Waals surface area contributed by atoms with Crippen molar-refractivity contribution >= 4 is 28.5 Å². The van der Waals surface area contributed by atoms with Gasteiger partial charge in [-0.1, -0.05) is 17.3 Å². The number of benzene rings is 1. The van der Waals surface area contributed by atoms with Crippen molar-refractivity contribution in [2.75, 3.05) is 12.4 Å². The molecule has 3 rings (SSSR count). The lowest BCUT2D eigenvalue weighted by molar-refractivity contribution is -0.133. The van der Waals surface area contributed by atoms with Gasteiger partial charge < -0.3 is 9.42 Å². The molecule has 1 unspecified atom stereocenters. The van der Waals surface area contributed by atoms with Crippen LogP contribution in [0.1, 0.15) is 25.0 Å². The number of alkyl halides is 1. The highest BCUT2D eigenvalue weighted by molar-refractivity contribution is 6.18. The number of carbonyl (C=O) groups excluding carboxylic acids is 1. The number of para-hydroxylation sites is 1. The van der Waals surface area contributed by atoms with Crippen molar-refractivity contribution in [1.82, 2.24) is 10.1 Å². The third kappa shape index (κ3) is 2.52. The van der Waals surface area contributed by atoms with Crippen molar-refractivity contribution < 1.29 is 9.32 Å². The Morgan fingerprint density at radius 1 is 1.40 bits per heavy atom. The maximum atomic E-state index is 12.5. The van der Waals surface area contributed by atoms with Crippen molar-refractivity contribution in [1.29, 1.82) is 0 Å². The van der Waals surface area contributed by atoms with E-state index in [1.807, 2.05) is 29.2 Å². The number of piperidine rings is 1. The summed E-state index contributed by atoms with van der Waals surface area (Å²) >= 11 is 5.97. The number of aromatic nitrogens is 1. The Hall–Kier alpha value is -1.55. The van der Waals surface area contributed by atoms with E-state index in [2.05, 4.69) is 5.16 Å². The molecule has 1 aliphatic rings. The Morgan fingerprint density at radius 3 is 3.10 bits per heavy atom. The van der Waals surface area contributed by atoms with Gasteiger partial charge in [0, 0.05) is 23.9 Å². The van der Waals surface area contributed by atoms with Crippen LogP contribution in [0.15, 0.2) is 28.8 Å². The van der Waals surface area contributed by atoms with Gasteiger partial charge >= 0.3 is 0 Å². The van der Waals surface area contributed by atoms with Crippen molar-refractivity contribution in [2.45, 2.75) is 31.7 Å². The highest BCUT2D eigenvalue weighted by Gasteiger charge is 2.26. The van der Waals surface area contributed by atoms with E-state index < -0.39 is 0 Å². The van der Waals surface area contributed by atoms with E-state index in [1.54, 1.807) is 0 Å². The Morgan fingerprint density at radius 2 is 2.25 bits per heavy atom. The predicted molar refractivity (Wildman–Crippen MR) is 77.8 cm³/mol. The number of nitrogens with zero attached hydrogens (tertiary/aromatic N) is 2. The zero-order chi connectivity index (χ0) is 13.9. The molecule has 4 nitrogen and oxygen atoms in total. The van der Waals surface area contributed by atoms with Crippen molar-refractivity contribution in [2.24, 2.45) is 0 Å². The summed E-state index contributed by atoms with van der Waals surface area (Å²) in [5, 5.41) is 4.94. The average Bonchev–Trinajstić information content (AvgIpc) is 2.90. The molecular formula is C15H17ClN2O2. The monoisotopic (exact) mass is 292 g/mol. The molecule has 0 radical (unpaired) electrons. The van der Waals surface area contributed by atoms with Gasteiger partial charge in [0.2, 0.25) is 5.91 Å². The van der Waals surface area contributed by atoms with Gasteiger partial charge in [0.25, 0.3) is 0 Å². The second kappa shape index (κ2) is 5.83. The smallest absolute Gasteiger partial charge is 0.229 e. The SMILES string of the molecule is O=C(Cc1noc2ccccc12)N1CCCCC1CCl. The third-order valence-corrected chi connectivity index (χ3v) is 4.25. The van der Waals surface area contributed by atoms with Gasteiger partial charge in [-0.15, -0.1) is 11.6 Å². The molecule has 0 bridgehead atoms. The van der Waals surface area contributed by atoms with Crippen molar-refractivity contribution in [3.8, 4) is 0 Å². The zero-order valence-electron chi connectivity index (χ0n) is 11.2. The number of rotatable bonds is 3. The molecule has 1 atom stereocenters. The molecule has 1 saturated heterocycles. The fraction of sp³-hybridized carbons (Fsp3) is 0.467. The predicted octanol–water partition coefficient (Wildman–Crippen LogP) is 2.99. The zero-order valence-corrected chi connectivity index (χ0v) is 12.0. The Bertz CT molecular complexity index is 611. The van der Waals surface area contributed by atoms with Crippen LogP contribution in [0.3, 0.4) is 0 Å². The normalized spacial score (nSPS) is 19.4. The van der Waals surface area contributed by atoms with Gasteiger partial charge in [-0.3, -0.25) is 4.79 Å². The van der Waals surface area contributed by atoms with Crippen molar-refractivity contribution in [3.63, 3.8) is 0 Å². The maximum Gasteiger partial charge on any atom is 0.229 e. The maximum absolute atomic E-state index is 12.5. The molecule has 1 aromatic carbocycles. The summed E-state index contributed by atoms with van der Waals surface area (Å²) in [6.45, 7) is 0.798. The molecule has 0 saturated carbocycles. The topological polar surface area (TPSA) is 46.3 Å². The summed E-state index contributed by atoms with van der Waals surface area (Å²) in [5.41, 5.74) is 1.44. The lowest BCUT2D eigenvalue weighted by atomic mass is 10.0. The average molecular weight is 293 g/mol. The van der Waals surface area contributed by atoms with Gasteiger partial charge in [-0.05, 0) is 31.4 Å². The molecule has 0 aliphatic carbocycles. The number of hydrogen-bond donors (Lipinski definition) is 0. The van der Waals surface area contributed by atoms with Crippen LogP contribution in [0.5, 0.6) is 0 Å². The van der Waals surface area contributed by atoms with Gasteiger partial charge in [0.1, 0.15) is 5.69 Å². The Kier molecular flexibility index (Phi) is 3.92. The van der Waals surface area contributed by atoms with E-state index in [4.69, 9.17) is 16.1 Å². The van der Waals surface area contributed by atoms with Crippen LogP contribution >= 0.6 is 11.6 Å². The fourth-order valence-corrected chi connectivity index (χ4v) is 3.12. The summed E-state index contributed by atoms with van der Waals surface area (Å²) in [6, 6.07) is 7.78. The van der Waals surface area contributed by atoms with E-state index in [9.17, 15) is 4.79 Å². The molecule has 1 fully saturated rings. The molecule has 2 heterocycles. The van der Waals surface area contributed by atoms with E-state index in [0.29, 0.717) is 11.6 Å². The number of halogens is 1. The van der Waals surface area contributed by atoms with Crippen LogP contribution in [0, 0.1) is 0 Å². The number of carbonyl (C=O) groups is 1. The van der Waals surface area contributed by atoms with Crippen LogP contribution in [0.25, 0.3) is 11.0 Å². The summed E-state index contributed by atoms with van der Waals surface area (Å²) in [6.07, 6.45) is 3.48. The van der Waals surface area contributed by atoms with Crippen LogP contribution < -0.4 is 0 Å². The lowest BCUT2D eigenvalue weighted by Crippen LogP contribution is -2.45. The highest BCUT2D eigenvalue weighted by Crippen LogP contribution is 2.22. The van der Waals surface area contributed by atoms with E-state index in [-0.39, 0.29) is 18.4 Å². The number of likely N-dealkylation sites (tertiary alicyclic amines) is 1. The molecule has 0 spiro atoms. The molecule has 2 aromatic rings. The van der Waals surface area contributed by atoms with Gasteiger partial charge in [0.15, 0.2) is 5.58 Å². The molecule has 1 aliphatic heterocycles. The standard InChI is InChI=1S/C15H17ClN2O2/c16-10-11-5-3-4-8-18(11)15(19)9-13-12-6-1-2-7-14(12)20-17-13/h1-2,6-7,11H,3-5,8-10H2. The molecule has 1 amide bonds. The second-order valence-corrected chi connectivity index (χ2v) is 5.50. The highest BCUT2D eigenvalue weighted by atomic mass is 35.5. The third-order valence-electron chi connectivity index (χ3n) is 3.90. The number of fused-ring (bicyclic) bond motifs is 1. The van der Waals surface area contributed by atoms with E-state index in [1.165, 1.54) is 0 Å². The molecule has 106 valence electrons. The van der Waals surface area contributed by atoms with Gasteiger partial charge in [-0.2, -0.15) is 0 Å². The van der Waals surface area contributed by atoms with Crippen molar-refractivity contribution in [3.05, 3.63) is 30.0 Å². The van der Waals surface area contributed by atoms with Gasteiger partial charge in [0.05, 0.1) is 6.42 Å². The lowest BCUT2D eigenvalue weighted by Gasteiger charge is -2.34. The van der Waals surface area contributed by atoms with Crippen LogP contribution in [-0.4, -0.2) is 34.4 Å². The summed E-state index contributed by atoms with van der Waals surface area (Å²) in [7, 11) is 0. The first-order valence-electron chi connectivity index (χ1n) is 6.98. The molecular weight excluding hydrogens is 276 g/mol. The first-order chi connectivity index (χ1) is 9.79. The number of hydrogen-bond acceptors (Lipinski definition) is 3. The first-order valence-corrected chi connectivity index (χ1v) is 7.52. The van der Waals surface area contributed by atoms with Crippen LogP contribution in [0.4, 0.5) is 0 Å². The summed E-state index contributed by atoms with van der Waals surface area (Å²) < 4.78 is 5.24. The Balaban J connectivity index is 1.78. The van der Waals surface area contributed by atoms with E-state index >= 15 is 0 Å². The summed E-state index contributed by atoms with van der Waals surface area (Å²) in [4.78, 5) is 14.4. The minimum Gasteiger partial charge on any atom is -0.356 e. The quantitative estimate of drug-likeness (QED) is 0.817. The second-order valence-electron chi connectivity index (χ2n) is 5.19. The molecule has 1 aromatic heterocycles. The fourth-order valence-electron chi connectivity index (χ4n) is 2.80. The molecule has 0 N–H and O–H groups in total. The number of amides is 1. The van der Waals surface area contributed by atoms with Crippen LogP contribution in [0.2, 0.25) is 0 Å². The largest absolute Gasteiger partial charge is 0.356 e. The van der Waals surface area contributed by atoms with Crippen LogP contribution in [-0.2, 0) is 11.2 Å². The molecule has 20 heavy (non-hydrogen) atoms. The summed E-state index contributed by atoms with van der Waals surface area (Å²) in [5.74, 6) is 0.597. The Labute approximate surface area is 122 Å². The first kappa shape index (κ1) is 13.4. The minimum atomic E-state index is 0.0920. The minimum absolute atomic E-state index is 0.0920. The van der Waals surface area contributed by atoms with E-state index in [0.717, 1.165) is 36.8 Å². The van der Waals surface area contributed by atoms with Gasteiger partial charge in [-0.25, -0.2) is 0 Å².